The van der Waals surface area contributed by atoms with Crippen LogP contribution < -0.4 is 0 Å². The Morgan fingerprint density at radius 1 is 1.56 bits per heavy atom. The van der Waals surface area contributed by atoms with E-state index in [4.69, 9.17) is 4.74 Å². The van der Waals surface area contributed by atoms with E-state index in [9.17, 15) is 9.90 Å². The average molecular weight is 316 g/mol. The summed E-state index contributed by atoms with van der Waals surface area (Å²) in [7, 11) is 3.19. The number of methoxy groups -OCH3 is 1. The maximum absolute atomic E-state index is 12.2. The number of rotatable bonds is 5. The van der Waals surface area contributed by atoms with Gasteiger partial charge in [-0.05, 0) is 24.6 Å². The maximum atomic E-state index is 12.2. The molecule has 1 aromatic carbocycles. The molecule has 0 saturated heterocycles. The second kappa shape index (κ2) is 6.87. The van der Waals surface area contributed by atoms with Gasteiger partial charge < -0.3 is 14.7 Å². The largest absolute Gasteiger partial charge is 0.389 e. The van der Waals surface area contributed by atoms with Crippen LogP contribution >= 0.6 is 15.9 Å². The molecule has 1 N–H and O–H groups in total. The van der Waals surface area contributed by atoms with Gasteiger partial charge in [-0.3, -0.25) is 4.79 Å². The van der Waals surface area contributed by atoms with Crippen molar-refractivity contribution in [3.05, 3.63) is 33.8 Å². The predicted octanol–water partition coefficient (Wildman–Crippen LogP) is 1.84. The molecule has 0 bridgehead atoms. The molecule has 0 aromatic heterocycles. The number of hydrogen-bond donors (Lipinski definition) is 1. The molecule has 1 unspecified atom stereocenters. The van der Waals surface area contributed by atoms with Crippen LogP contribution in [-0.4, -0.2) is 49.3 Å². The van der Waals surface area contributed by atoms with Crippen molar-refractivity contribution in [2.45, 2.75) is 13.0 Å². The third-order valence-electron chi connectivity index (χ3n) is 2.62. The molecular formula is C13H18BrNO3. The summed E-state index contributed by atoms with van der Waals surface area (Å²) in [6, 6.07) is 5.57. The van der Waals surface area contributed by atoms with Crippen LogP contribution in [0.25, 0.3) is 0 Å². The van der Waals surface area contributed by atoms with Gasteiger partial charge in [0.25, 0.3) is 5.91 Å². The summed E-state index contributed by atoms with van der Waals surface area (Å²) in [6.45, 7) is 2.35. The third kappa shape index (κ3) is 4.08. The topological polar surface area (TPSA) is 49.8 Å². The van der Waals surface area contributed by atoms with Crippen LogP contribution in [0.3, 0.4) is 0 Å². The molecule has 0 radical (unpaired) electrons. The number of hydrogen-bond acceptors (Lipinski definition) is 3. The smallest absolute Gasteiger partial charge is 0.253 e. The number of aliphatic hydroxyl groups is 1. The highest BCUT2D eigenvalue weighted by Gasteiger charge is 2.17. The van der Waals surface area contributed by atoms with Crippen molar-refractivity contribution in [2.75, 3.05) is 27.3 Å². The lowest BCUT2D eigenvalue weighted by Gasteiger charge is -2.21. The number of amides is 1. The number of nitrogens with zero attached hydrogens (tertiary/aromatic N) is 1. The van der Waals surface area contributed by atoms with Gasteiger partial charge in [0.15, 0.2) is 0 Å². The first kappa shape index (κ1) is 15.1. The quantitative estimate of drug-likeness (QED) is 0.902. The van der Waals surface area contributed by atoms with Crippen LogP contribution in [-0.2, 0) is 4.74 Å². The molecule has 0 fully saturated rings. The van der Waals surface area contributed by atoms with E-state index >= 15 is 0 Å². The molecule has 0 spiro atoms. The van der Waals surface area contributed by atoms with E-state index in [2.05, 4.69) is 15.9 Å². The van der Waals surface area contributed by atoms with Crippen LogP contribution in [0.1, 0.15) is 15.9 Å². The monoisotopic (exact) mass is 315 g/mol. The fourth-order valence-electron chi connectivity index (χ4n) is 1.67. The zero-order chi connectivity index (χ0) is 13.7. The number of benzene rings is 1. The first-order chi connectivity index (χ1) is 8.45. The summed E-state index contributed by atoms with van der Waals surface area (Å²) in [5.74, 6) is -0.107. The van der Waals surface area contributed by atoms with Crippen LogP contribution in [0, 0.1) is 6.92 Å². The van der Waals surface area contributed by atoms with E-state index in [1.807, 2.05) is 19.1 Å². The van der Waals surface area contributed by atoms with Crippen molar-refractivity contribution >= 4 is 21.8 Å². The Morgan fingerprint density at radius 2 is 2.22 bits per heavy atom. The molecule has 1 atom stereocenters. The van der Waals surface area contributed by atoms with Crippen LogP contribution in [0.15, 0.2) is 22.7 Å². The third-order valence-corrected chi connectivity index (χ3v) is 3.11. The Hall–Kier alpha value is -0.910. The molecule has 1 amide bonds. The van der Waals surface area contributed by atoms with Gasteiger partial charge >= 0.3 is 0 Å². The number of ether oxygens (including phenoxy) is 1. The molecule has 0 aliphatic rings. The van der Waals surface area contributed by atoms with Crippen molar-refractivity contribution in [3.63, 3.8) is 0 Å². The molecule has 100 valence electrons. The van der Waals surface area contributed by atoms with Gasteiger partial charge in [-0.2, -0.15) is 0 Å². The van der Waals surface area contributed by atoms with E-state index in [0.29, 0.717) is 5.56 Å². The number of carbonyl (C=O) groups excluding carboxylic acids is 1. The minimum Gasteiger partial charge on any atom is -0.389 e. The van der Waals surface area contributed by atoms with Crippen molar-refractivity contribution in [3.8, 4) is 0 Å². The Balaban J connectivity index is 2.77. The molecule has 18 heavy (non-hydrogen) atoms. The fraction of sp³-hybridized carbons (Fsp3) is 0.462. The predicted molar refractivity (Wildman–Crippen MR) is 73.7 cm³/mol. The van der Waals surface area contributed by atoms with Crippen LogP contribution in [0.4, 0.5) is 0 Å². The number of aryl methyl sites for hydroxylation is 1. The number of aliphatic hydroxyl groups excluding tert-OH is 1. The Kier molecular flexibility index (Phi) is 5.78. The minimum absolute atomic E-state index is 0.107. The highest BCUT2D eigenvalue weighted by Crippen LogP contribution is 2.17. The second-order valence-electron chi connectivity index (χ2n) is 4.25. The molecule has 5 heteroatoms. The molecule has 0 aliphatic heterocycles. The van der Waals surface area contributed by atoms with Gasteiger partial charge in [0.05, 0.1) is 12.7 Å². The van der Waals surface area contributed by atoms with Gasteiger partial charge in [-0.1, -0.05) is 22.0 Å². The zero-order valence-corrected chi connectivity index (χ0v) is 12.4. The first-order valence-electron chi connectivity index (χ1n) is 5.64. The van der Waals surface area contributed by atoms with Crippen molar-refractivity contribution in [1.82, 2.24) is 4.90 Å². The number of carbonyl (C=O) groups is 1. The number of likely N-dealkylation sites (N-methyl/N-ethyl adjacent to an activating group) is 1. The van der Waals surface area contributed by atoms with Gasteiger partial charge in [0.1, 0.15) is 0 Å². The lowest BCUT2D eigenvalue weighted by atomic mass is 10.1. The standard InChI is InChI=1S/C13H18BrNO3/c1-9-4-5-10(14)6-12(9)13(17)15(2)7-11(16)8-18-3/h4-6,11,16H,7-8H2,1-3H3. The van der Waals surface area contributed by atoms with Crippen molar-refractivity contribution in [2.24, 2.45) is 0 Å². The van der Waals surface area contributed by atoms with E-state index in [0.717, 1.165) is 10.0 Å². The summed E-state index contributed by atoms with van der Waals surface area (Å²) in [5.41, 5.74) is 1.55. The fourth-order valence-corrected chi connectivity index (χ4v) is 2.04. The average Bonchev–Trinajstić information content (AvgIpc) is 2.31. The van der Waals surface area contributed by atoms with Crippen LogP contribution in [0.5, 0.6) is 0 Å². The zero-order valence-electron chi connectivity index (χ0n) is 10.8. The van der Waals surface area contributed by atoms with E-state index < -0.39 is 6.10 Å². The Bertz CT molecular complexity index is 423. The van der Waals surface area contributed by atoms with E-state index in [1.165, 1.54) is 12.0 Å². The molecule has 0 heterocycles. The maximum Gasteiger partial charge on any atom is 0.253 e. The molecule has 4 nitrogen and oxygen atoms in total. The highest BCUT2D eigenvalue weighted by molar-refractivity contribution is 9.10. The lowest BCUT2D eigenvalue weighted by Crippen LogP contribution is -2.36. The van der Waals surface area contributed by atoms with Gasteiger partial charge in [-0.25, -0.2) is 0 Å². The first-order valence-corrected chi connectivity index (χ1v) is 6.43. The van der Waals surface area contributed by atoms with E-state index in [1.54, 1.807) is 13.1 Å². The summed E-state index contributed by atoms with van der Waals surface area (Å²) in [5, 5.41) is 9.61. The van der Waals surface area contributed by atoms with Gasteiger partial charge in [0.2, 0.25) is 0 Å². The van der Waals surface area contributed by atoms with Gasteiger partial charge in [-0.15, -0.1) is 0 Å². The molecule has 1 aromatic rings. The summed E-state index contributed by atoms with van der Waals surface area (Å²) < 4.78 is 5.70. The van der Waals surface area contributed by atoms with Crippen molar-refractivity contribution in [1.29, 1.82) is 0 Å². The minimum atomic E-state index is -0.670. The normalized spacial score (nSPS) is 12.3. The summed E-state index contributed by atoms with van der Waals surface area (Å²) in [4.78, 5) is 13.7. The lowest BCUT2D eigenvalue weighted by molar-refractivity contribution is 0.0380. The second-order valence-corrected chi connectivity index (χ2v) is 5.17. The SMILES string of the molecule is COCC(O)CN(C)C(=O)c1cc(Br)ccc1C. The summed E-state index contributed by atoms with van der Waals surface area (Å²) in [6.07, 6.45) is -0.670. The highest BCUT2D eigenvalue weighted by atomic mass is 79.9. The molecule has 0 saturated carbocycles. The molecule has 1 rings (SSSR count). The van der Waals surface area contributed by atoms with Crippen molar-refractivity contribution < 1.29 is 14.6 Å². The molecule has 0 aliphatic carbocycles. The van der Waals surface area contributed by atoms with Gasteiger partial charge in [0, 0.05) is 30.7 Å². The Morgan fingerprint density at radius 3 is 2.83 bits per heavy atom. The summed E-state index contributed by atoms with van der Waals surface area (Å²) >= 11 is 3.35. The Labute approximate surface area is 116 Å². The number of halogens is 1. The van der Waals surface area contributed by atoms with E-state index in [-0.39, 0.29) is 19.1 Å². The molecular weight excluding hydrogens is 298 g/mol. The van der Waals surface area contributed by atoms with Crippen LogP contribution in [0.2, 0.25) is 0 Å².